The maximum absolute atomic E-state index is 12.6. The molecule has 4 aliphatic rings. The predicted molar refractivity (Wildman–Crippen MR) is 163 cm³/mol. The smallest absolute Gasteiger partial charge is 0.0978 e. The Morgan fingerprint density at radius 3 is 2.03 bits per heavy atom. The van der Waals surface area contributed by atoms with Crippen LogP contribution >= 0.6 is 0 Å². The van der Waals surface area contributed by atoms with E-state index in [1.807, 2.05) is 6.92 Å². The number of hydrogen-bond acceptors (Lipinski definition) is 3. The summed E-state index contributed by atoms with van der Waals surface area (Å²) < 4.78 is 0. The molecule has 4 aliphatic carbocycles. The molecule has 3 fully saturated rings. The summed E-state index contributed by atoms with van der Waals surface area (Å²) in [4.78, 5) is 0. The number of rotatable bonds is 6. The molecular weight excluding hydrogens is 480 g/mol. The molecule has 0 amide bonds. The van der Waals surface area contributed by atoms with Crippen LogP contribution in [0.15, 0.2) is 23.3 Å². The Morgan fingerprint density at radius 1 is 0.795 bits per heavy atom. The number of allylic oxidation sites excluding steroid dienone is 2. The zero-order valence-electron chi connectivity index (χ0n) is 27.4. The lowest BCUT2D eigenvalue weighted by Crippen LogP contribution is -2.65. The summed E-state index contributed by atoms with van der Waals surface area (Å²) in [6, 6.07) is 0. The van der Waals surface area contributed by atoms with E-state index in [-0.39, 0.29) is 27.6 Å². The molecule has 0 bridgehead atoms. The van der Waals surface area contributed by atoms with Crippen molar-refractivity contribution in [1.29, 1.82) is 0 Å². The van der Waals surface area contributed by atoms with Crippen LogP contribution in [0.2, 0.25) is 0 Å². The molecule has 0 aliphatic heterocycles. The van der Waals surface area contributed by atoms with E-state index in [1.165, 1.54) is 12.0 Å². The summed E-state index contributed by atoms with van der Waals surface area (Å²) in [5.74, 6) is 0.655. The Kier molecular flexibility index (Phi) is 7.57. The van der Waals surface area contributed by atoms with Gasteiger partial charge in [-0.1, -0.05) is 93.4 Å². The zero-order valence-corrected chi connectivity index (χ0v) is 27.4. The van der Waals surface area contributed by atoms with Gasteiger partial charge in [0.2, 0.25) is 0 Å². The minimum atomic E-state index is -1.07. The minimum absolute atomic E-state index is 0.0222. The van der Waals surface area contributed by atoms with E-state index in [4.69, 9.17) is 0 Å². The fourth-order valence-corrected chi connectivity index (χ4v) is 9.39. The summed E-state index contributed by atoms with van der Waals surface area (Å²) in [5.41, 5.74) is -0.688. The van der Waals surface area contributed by atoms with Gasteiger partial charge in [0.1, 0.15) is 0 Å². The van der Waals surface area contributed by atoms with E-state index in [9.17, 15) is 15.3 Å². The maximum Gasteiger partial charge on any atom is 0.0978 e. The normalized spacial score (nSPS) is 40.7. The molecule has 3 N–H and O–H groups in total. The quantitative estimate of drug-likeness (QED) is 0.314. The monoisotopic (exact) mass is 542 g/mol. The molecule has 0 aromatic carbocycles. The molecule has 3 nitrogen and oxygen atoms in total. The lowest BCUT2D eigenvalue weighted by molar-refractivity contribution is -0.173. The van der Waals surface area contributed by atoms with E-state index in [1.54, 1.807) is 0 Å². The summed E-state index contributed by atoms with van der Waals surface area (Å²) >= 11 is 0. The van der Waals surface area contributed by atoms with Crippen molar-refractivity contribution < 1.29 is 15.3 Å². The summed E-state index contributed by atoms with van der Waals surface area (Å²) in [6.45, 7) is 25.2. The van der Waals surface area contributed by atoms with Gasteiger partial charge in [0, 0.05) is 10.8 Å². The number of aliphatic hydroxyl groups is 3. The largest absolute Gasteiger partial charge is 0.390 e. The van der Waals surface area contributed by atoms with Gasteiger partial charge in [0.15, 0.2) is 0 Å². The zero-order chi connectivity index (χ0) is 29.5. The summed E-state index contributed by atoms with van der Waals surface area (Å²) in [6.07, 6.45) is 14.4. The average Bonchev–Trinajstić information content (AvgIpc) is 3.05. The Hall–Kier alpha value is -0.640. The maximum atomic E-state index is 12.6. The van der Waals surface area contributed by atoms with Crippen LogP contribution in [0.3, 0.4) is 0 Å². The summed E-state index contributed by atoms with van der Waals surface area (Å²) in [5, 5.41) is 37.0. The van der Waals surface area contributed by atoms with Crippen molar-refractivity contribution in [2.75, 3.05) is 0 Å². The first-order valence-electron chi connectivity index (χ1n) is 16.1. The Balaban J connectivity index is 1.61. The SMILES string of the molecule is CC(C)(C)CCC[C@@](C)(O)[C@H]1CC[C@@]2(O)C3=CC=C4C[C@@H](CC(C)(C)C(C)(C)C)CC[C@]4(C)[C@@]3(O)CC[C@]12C. The highest BCUT2D eigenvalue weighted by Gasteiger charge is 2.70. The third kappa shape index (κ3) is 4.93. The minimum Gasteiger partial charge on any atom is -0.390 e. The molecular formula is C36H62O3. The molecule has 3 heteroatoms. The van der Waals surface area contributed by atoms with Crippen molar-refractivity contribution in [1.82, 2.24) is 0 Å². The first-order chi connectivity index (χ1) is 17.5. The summed E-state index contributed by atoms with van der Waals surface area (Å²) in [7, 11) is 0. The highest BCUT2D eigenvalue weighted by Crippen LogP contribution is 2.70. The fraction of sp³-hybridized carbons (Fsp3) is 0.889. The lowest BCUT2D eigenvalue weighted by atomic mass is 9.45. The average molecular weight is 543 g/mol. The van der Waals surface area contributed by atoms with Gasteiger partial charge in [-0.05, 0) is 105 Å². The molecule has 224 valence electrons. The second-order valence-electron chi connectivity index (χ2n) is 18.1. The van der Waals surface area contributed by atoms with Crippen LogP contribution in [0.5, 0.6) is 0 Å². The molecule has 0 aromatic rings. The standard InChI is InChI=1S/C36H62O3/c1-29(2,3)17-12-18-34(11,37)27-16-20-35(38)28-14-13-26-23-25(24-31(7,8)30(4,5)6)15-19-32(26,9)36(28,39)22-21-33(27,35)10/h13-14,25,27,37-39H,12,15-24H2,1-11H3/t25-,27-,32-,33+,34+,35+,36+/m0/s1. The van der Waals surface area contributed by atoms with Gasteiger partial charge < -0.3 is 15.3 Å². The molecule has 3 saturated carbocycles. The molecule has 39 heavy (non-hydrogen) atoms. The number of hydrogen-bond donors (Lipinski definition) is 3. The van der Waals surface area contributed by atoms with Crippen LogP contribution in [-0.4, -0.2) is 32.1 Å². The van der Waals surface area contributed by atoms with E-state index < -0.39 is 22.2 Å². The molecule has 0 saturated heterocycles. The van der Waals surface area contributed by atoms with Gasteiger partial charge in [-0.3, -0.25) is 0 Å². The van der Waals surface area contributed by atoms with Crippen LogP contribution in [0.4, 0.5) is 0 Å². The van der Waals surface area contributed by atoms with E-state index in [2.05, 4.69) is 81.4 Å². The van der Waals surface area contributed by atoms with Crippen molar-refractivity contribution in [3.05, 3.63) is 23.3 Å². The van der Waals surface area contributed by atoms with Crippen LogP contribution < -0.4 is 0 Å². The van der Waals surface area contributed by atoms with Crippen LogP contribution in [0.1, 0.15) is 147 Å². The molecule has 0 unspecified atom stereocenters. The molecule has 0 heterocycles. The van der Waals surface area contributed by atoms with Crippen molar-refractivity contribution in [2.45, 2.75) is 164 Å². The predicted octanol–water partition coefficient (Wildman–Crippen LogP) is 8.76. The highest BCUT2D eigenvalue weighted by atomic mass is 16.3. The van der Waals surface area contributed by atoms with E-state index in [0.29, 0.717) is 18.8 Å². The molecule has 4 rings (SSSR count). The number of fused-ring (bicyclic) bond motifs is 5. The lowest BCUT2D eigenvalue weighted by Gasteiger charge is -2.63. The van der Waals surface area contributed by atoms with Gasteiger partial charge in [0.25, 0.3) is 0 Å². The van der Waals surface area contributed by atoms with Crippen molar-refractivity contribution in [3.8, 4) is 0 Å². The molecule has 0 aromatic heterocycles. The second-order valence-corrected chi connectivity index (χ2v) is 18.1. The van der Waals surface area contributed by atoms with Gasteiger partial charge in [-0.25, -0.2) is 0 Å². The topological polar surface area (TPSA) is 60.7 Å². The first-order valence-corrected chi connectivity index (χ1v) is 16.1. The second kappa shape index (κ2) is 9.43. The van der Waals surface area contributed by atoms with Crippen molar-refractivity contribution >= 4 is 0 Å². The van der Waals surface area contributed by atoms with E-state index >= 15 is 0 Å². The third-order valence-corrected chi connectivity index (χ3v) is 13.2. The first kappa shape index (κ1) is 31.3. The van der Waals surface area contributed by atoms with Crippen LogP contribution in [0.25, 0.3) is 0 Å². The Labute approximate surface area is 240 Å². The van der Waals surface area contributed by atoms with Gasteiger partial charge in [0.05, 0.1) is 16.8 Å². The Bertz CT molecular complexity index is 1000. The van der Waals surface area contributed by atoms with Crippen LogP contribution in [-0.2, 0) is 0 Å². The van der Waals surface area contributed by atoms with Gasteiger partial charge in [-0.15, -0.1) is 0 Å². The van der Waals surface area contributed by atoms with Crippen molar-refractivity contribution in [3.63, 3.8) is 0 Å². The van der Waals surface area contributed by atoms with Gasteiger partial charge >= 0.3 is 0 Å². The Morgan fingerprint density at radius 2 is 1.44 bits per heavy atom. The van der Waals surface area contributed by atoms with E-state index in [0.717, 1.165) is 56.9 Å². The van der Waals surface area contributed by atoms with Crippen molar-refractivity contribution in [2.24, 2.45) is 38.9 Å². The van der Waals surface area contributed by atoms with Crippen LogP contribution in [0, 0.1) is 38.9 Å². The van der Waals surface area contributed by atoms with Gasteiger partial charge in [-0.2, -0.15) is 0 Å². The highest BCUT2D eigenvalue weighted by molar-refractivity contribution is 5.48. The third-order valence-electron chi connectivity index (χ3n) is 13.2. The molecule has 0 radical (unpaired) electrons. The molecule has 7 atom stereocenters. The fourth-order valence-electron chi connectivity index (χ4n) is 9.39. The molecule has 0 spiro atoms.